The maximum atomic E-state index is 10.4. The molecule has 0 radical (unpaired) electrons. The third kappa shape index (κ3) is 4.11. The zero-order valence-electron chi connectivity index (χ0n) is 9.67. The van der Waals surface area contributed by atoms with Crippen LogP contribution in [0.3, 0.4) is 0 Å². The number of carboxylic acid groups (broad SMARTS) is 1. The van der Waals surface area contributed by atoms with Crippen LogP contribution in [-0.2, 0) is 16.1 Å². The second kappa shape index (κ2) is 6.14. The first-order valence-electron chi connectivity index (χ1n) is 5.82. The first-order chi connectivity index (χ1) is 8.24. The molecular formula is C12H17NO3S. The van der Waals surface area contributed by atoms with Crippen molar-refractivity contribution in [1.82, 2.24) is 4.90 Å². The molecule has 1 aliphatic heterocycles. The van der Waals surface area contributed by atoms with Gasteiger partial charge in [0.2, 0.25) is 0 Å². The number of thiophene rings is 1. The monoisotopic (exact) mass is 255 g/mol. The normalized spacial score (nSPS) is 18.4. The number of hydrogen-bond donors (Lipinski definition) is 1. The van der Waals surface area contributed by atoms with Crippen LogP contribution < -0.4 is 0 Å². The van der Waals surface area contributed by atoms with E-state index in [2.05, 4.69) is 22.4 Å². The van der Waals surface area contributed by atoms with E-state index in [4.69, 9.17) is 9.84 Å². The molecule has 0 atom stereocenters. The van der Waals surface area contributed by atoms with Crippen LogP contribution >= 0.6 is 11.3 Å². The number of carbonyl (C=O) groups is 1. The fourth-order valence-corrected chi connectivity index (χ4v) is 2.79. The minimum absolute atomic E-state index is 0.116. The van der Waals surface area contributed by atoms with Crippen molar-refractivity contribution in [2.45, 2.75) is 25.5 Å². The van der Waals surface area contributed by atoms with E-state index in [0.717, 1.165) is 32.5 Å². The van der Waals surface area contributed by atoms with E-state index < -0.39 is 5.97 Å². The summed E-state index contributed by atoms with van der Waals surface area (Å²) in [5.41, 5.74) is 0. The largest absolute Gasteiger partial charge is 0.480 e. The zero-order chi connectivity index (χ0) is 12.1. The van der Waals surface area contributed by atoms with E-state index in [1.54, 1.807) is 11.3 Å². The molecule has 94 valence electrons. The van der Waals surface area contributed by atoms with E-state index in [1.165, 1.54) is 4.88 Å². The minimum atomic E-state index is -0.883. The summed E-state index contributed by atoms with van der Waals surface area (Å²) in [4.78, 5) is 14.2. The summed E-state index contributed by atoms with van der Waals surface area (Å²) in [6.07, 6.45) is 1.97. The number of aliphatic carboxylic acids is 1. The second-order valence-corrected chi connectivity index (χ2v) is 5.29. The molecule has 17 heavy (non-hydrogen) atoms. The van der Waals surface area contributed by atoms with Gasteiger partial charge in [0.05, 0.1) is 6.10 Å². The molecule has 1 N–H and O–H groups in total. The summed E-state index contributed by atoms with van der Waals surface area (Å²) >= 11 is 1.78. The lowest BCUT2D eigenvalue weighted by atomic mass is 10.1. The van der Waals surface area contributed by atoms with Crippen molar-refractivity contribution in [1.29, 1.82) is 0 Å². The molecule has 0 aromatic carbocycles. The van der Waals surface area contributed by atoms with Crippen molar-refractivity contribution in [3.8, 4) is 0 Å². The molecule has 0 spiro atoms. The number of rotatable bonds is 5. The van der Waals surface area contributed by atoms with Gasteiger partial charge in [-0.05, 0) is 24.3 Å². The maximum Gasteiger partial charge on any atom is 0.329 e. The van der Waals surface area contributed by atoms with Gasteiger partial charge in [0.1, 0.15) is 6.61 Å². The average Bonchev–Trinajstić information content (AvgIpc) is 2.81. The highest BCUT2D eigenvalue weighted by Gasteiger charge is 2.20. The maximum absolute atomic E-state index is 10.4. The SMILES string of the molecule is O=C(O)COC1CCN(Cc2cccs2)CC1. The van der Waals surface area contributed by atoms with Crippen molar-refractivity contribution < 1.29 is 14.6 Å². The fraction of sp³-hybridized carbons (Fsp3) is 0.583. The van der Waals surface area contributed by atoms with Crippen LogP contribution in [0.2, 0.25) is 0 Å². The van der Waals surface area contributed by atoms with E-state index in [-0.39, 0.29) is 12.7 Å². The van der Waals surface area contributed by atoms with Crippen LogP contribution in [0.25, 0.3) is 0 Å². The number of carboxylic acids is 1. The molecule has 1 aromatic rings. The van der Waals surface area contributed by atoms with Crippen LogP contribution in [0.1, 0.15) is 17.7 Å². The molecule has 0 bridgehead atoms. The van der Waals surface area contributed by atoms with Crippen molar-refractivity contribution in [2.75, 3.05) is 19.7 Å². The summed E-state index contributed by atoms with van der Waals surface area (Å²) in [5.74, 6) is -0.883. The molecule has 0 saturated carbocycles. The standard InChI is InChI=1S/C12H17NO3S/c14-12(15)9-16-10-3-5-13(6-4-10)8-11-2-1-7-17-11/h1-2,7,10H,3-6,8-9H2,(H,14,15). The van der Waals surface area contributed by atoms with Gasteiger partial charge in [0.25, 0.3) is 0 Å². The van der Waals surface area contributed by atoms with Gasteiger partial charge in [-0.3, -0.25) is 4.90 Å². The van der Waals surface area contributed by atoms with Gasteiger partial charge in [0.15, 0.2) is 0 Å². The predicted molar refractivity (Wildman–Crippen MR) is 66.2 cm³/mol. The van der Waals surface area contributed by atoms with E-state index in [9.17, 15) is 4.79 Å². The Bertz CT molecular complexity index is 345. The molecule has 1 aliphatic rings. The Kier molecular flexibility index (Phi) is 4.53. The van der Waals surface area contributed by atoms with Gasteiger partial charge in [-0.25, -0.2) is 4.79 Å². The topological polar surface area (TPSA) is 49.8 Å². The molecule has 0 aliphatic carbocycles. The molecule has 1 fully saturated rings. The Morgan fingerprint density at radius 1 is 1.53 bits per heavy atom. The predicted octanol–water partition coefficient (Wildman–Crippen LogP) is 1.81. The highest BCUT2D eigenvalue weighted by atomic mass is 32.1. The van der Waals surface area contributed by atoms with Crippen LogP contribution in [-0.4, -0.2) is 41.8 Å². The fourth-order valence-electron chi connectivity index (χ4n) is 2.05. The lowest BCUT2D eigenvalue weighted by Gasteiger charge is -2.31. The lowest BCUT2D eigenvalue weighted by molar-refractivity contribution is -0.145. The molecular weight excluding hydrogens is 238 g/mol. The smallest absolute Gasteiger partial charge is 0.329 e. The van der Waals surface area contributed by atoms with Gasteiger partial charge in [-0.1, -0.05) is 6.07 Å². The van der Waals surface area contributed by atoms with Gasteiger partial charge in [-0.2, -0.15) is 0 Å². The van der Waals surface area contributed by atoms with Crippen LogP contribution in [0.15, 0.2) is 17.5 Å². The molecule has 0 amide bonds. The van der Waals surface area contributed by atoms with Gasteiger partial charge < -0.3 is 9.84 Å². The number of nitrogens with zero attached hydrogens (tertiary/aromatic N) is 1. The van der Waals surface area contributed by atoms with E-state index in [1.807, 2.05) is 0 Å². The van der Waals surface area contributed by atoms with Crippen molar-refractivity contribution in [3.05, 3.63) is 22.4 Å². The first-order valence-corrected chi connectivity index (χ1v) is 6.70. The molecule has 4 nitrogen and oxygen atoms in total. The lowest BCUT2D eigenvalue weighted by Crippen LogP contribution is -2.37. The van der Waals surface area contributed by atoms with Crippen LogP contribution in [0.5, 0.6) is 0 Å². The number of likely N-dealkylation sites (tertiary alicyclic amines) is 1. The molecule has 1 aromatic heterocycles. The molecule has 5 heteroatoms. The quantitative estimate of drug-likeness (QED) is 0.872. The highest BCUT2D eigenvalue weighted by molar-refractivity contribution is 7.09. The minimum Gasteiger partial charge on any atom is -0.480 e. The van der Waals surface area contributed by atoms with Gasteiger partial charge >= 0.3 is 5.97 Å². The summed E-state index contributed by atoms with van der Waals surface area (Å²) in [6, 6.07) is 4.22. The second-order valence-electron chi connectivity index (χ2n) is 4.26. The Labute approximate surface area is 105 Å². The third-order valence-electron chi connectivity index (χ3n) is 2.94. The van der Waals surface area contributed by atoms with E-state index >= 15 is 0 Å². The van der Waals surface area contributed by atoms with E-state index in [0.29, 0.717) is 0 Å². The molecule has 0 unspecified atom stereocenters. The Morgan fingerprint density at radius 2 is 2.29 bits per heavy atom. The van der Waals surface area contributed by atoms with Crippen LogP contribution in [0, 0.1) is 0 Å². The average molecular weight is 255 g/mol. The third-order valence-corrected chi connectivity index (χ3v) is 3.80. The first kappa shape index (κ1) is 12.5. The molecule has 1 saturated heterocycles. The summed E-state index contributed by atoms with van der Waals surface area (Å²) in [7, 11) is 0. The van der Waals surface area contributed by atoms with Crippen molar-refractivity contribution in [3.63, 3.8) is 0 Å². The molecule has 2 heterocycles. The molecule has 2 rings (SSSR count). The number of hydrogen-bond acceptors (Lipinski definition) is 4. The highest BCUT2D eigenvalue weighted by Crippen LogP contribution is 2.18. The van der Waals surface area contributed by atoms with Crippen molar-refractivity contribution in [2.24, 2.45) is 0 Å². The Morgan fingerprint density at radius 3 is 2.88 bits per heavy atom. The summed E-state index contributed by atoms with van der Waals surface area (Å²) < 4.78 is 5.30. The Hall–Kier alpha value is -0.910. The van der Waals surface area contributed by atoms with Gasteiger partial charge in [0, 0.05) is 24.5 Å². The van der Waals surface area contributed by atoms with Crippen molar-refractivity contribution >= 4 is 17.3 Å². The summed E-state index contributed by atoms with van der Waals surface area (Å²) in [5, 5.41) is 10.6. The van der Waals surface area contributed by atoms with Gasteiger partial charge in [-0.15, -0.1) is 11.3 Å². The van der Waals surface area contributed by atoms with Crippen LogP contribution in [0.4, 0.5) is 0 Å². The number of ether oxygens (including phenoxy) is 1. The number of piperidine rings is 1. The summed E-state index contributed by atoms with van der Waals surface area (Å²) in [6.45, 7) is 2.81. The zero-order valence-corrected chi connectivity index (χ0v) is 10.5. The Balaban J connectivity index is 1.69.